The minimum atomic E-state index is -0.275. The number of aromatic nitrogens is 3. The van der Waals surface area contributed by atoms with Gasteiger partial charge in [-0.1, -0.05) is 13.8 Å². The van der Waals surface area contributed by atoms with E-state index in [1.165, 1.54) is 12.3 Å². The molecule has 18 heavy (non-hydrogen) atoms. The maximum atomic E-state index is 13.0. The van der Waals surface area contributed by atoms with E-state index in [1.54, 1.807) is 29.1 Å². The van der Waals surface area contributed by atoms with Crippen molar-refractivity contribution in [3.8, 4) is 11.3 Å². The zero-order valence-electron chi connectivity index (χ0n) is 10.3. The Morgan fingerprint density at radius 2 is 1.94 bits per heavy atom. The Hall–Kier alpha value is -2.23. The highest BCUT2D eigenvalue weighted by Crippen LogP contribution is 2.17. The molecule has 3 aromatic rings. The van der Waals surface area contributed by atoms with Crippen LogP contribution in [0.4, 0.5) is 4.39 Å². The minimum absolute atomic E-state index is 0.275. The maximum Gasteiger partial charge on any atom is 0.139 e. The zero-order valence-corrected chi connectivity index (χ0v) is 10.3. The molecule has 0 aliphatic carbocycles. The van der Waals surface area contributed by atoms with Gasteiger partial charge in [-0.05, 0) is 24.3 Å². The summed E-state index contributed by atoms with van der Waals surface area (Å²) in [7, 11) is 0. The van der Waals surface area contributed by atoms with Crippen LogP contribution in [0.15, 0.2) is 49.1 Å². The van der Waals surface area contributed by atoms with Crippen molar-refractivity contribution in [2.24, 2.45) is 0 Å². The summed E-state index contributed by atoms with van der Waals surface area (Å²) >= 11 is 0. The predicted molar refractivity (Wildman–Crippen MR) is 69.7 cm³/mol. The molecular weight excluding hydrogens is 229 g/mol. The Labute approximate surface area is 105 Å². The van der Waals surface area contributed by atoms with Crippen molar-refractivity contribution < 1.29 is 4.39 Å². The van der Waals surface area contributed by atoms with Gasteiger partial charge in [-0.2, -0.15) is 0 Å². The molecule has 0 unspecified atom stereocenters. The molecule has 0 saturated carbocycles. The first kappa shape index (κ1) is 12.2. The molecule has 3 rings (SSSR count). The van der Waals surface area contributed by atoms with Crippen molar-refractivity contribution in [2.45, 2.75) is 13.8 Å². The minimum Gasteiger partial charge on any atom is -0.304 e. The highest BCUT2D eigenvalue weighted by atomic mass is 19.1. The largest absolute Gasteiger partial charge is 0.304 e. The fourth-order valence-corrected chi connectivity index (χ4v) is 1.62. The number of pyridine rings is 2. The van der Waals surface area contributed by atoms with Crippen LogP contribution in [0.25, 0.3) is 16.9 Å². The maximum absolute atomic E-state index is 13.0. The summed E-state index contributed by atoms with van der Waals surface area (Å²) < 4.78 is 14.7. The van der Waals surface area contributed by atoms with E-state index in [-0.39, 0.29) is 5.82 Å². The Morgan fingerprint density at radius 1 is 1.11 bits per heavy atom. The monoisotopic (exact) mass is 243 g/mol. The van der Waals surface area contributed by atoms with Crippen LogP contribution in [0.5, 0.6) is 0 Å². The fraction of sp³-hybridized carbons (Fsp3) is 0.143. The first-order valence-corrected chi connectivity index (χ1v) is 5.87. The predicted octanol–water partition coefficient (Wildman–Crippen LogP) is 3.56. The van der Waals surface area contributed by atoms with Crippen molar-refractivity contribution in [1.82, 2.24) is 14.4 Å². The number of nitrogens with zero attached hydrogens (tertiary/aromatic N) is 3. The van der Waals surface area contributed by atoms with Crippen LogP contribution in [-0.4, -0.2) is 14.4 Å². The molecule has 0 amide bonds. The van der Waals surface area contributed by atoms with Gasteiger partial charge in [-0.3, -0.25) is 4.98 Å². The Morgan fingerprint density at radius 3 is 2.67 bits per heavy atom. The third-order valence-electron chi connectivity index (χ3n) is 2.37. The van der Waals surface area contributed by atoms with Gasteiger partial charge in [0.1, 0.15) is 11.5 Å². The number of hydrogen-bond acceptors (Lipinski definition) is 2. The second-order valence-electron chi connectivity index (χ2n) is 3.48. The van der Waals surface area contributed by atoms with Crippen molar-refractivity contribution in [2.75, 3.05) is 0 Å². The Bertz CT molecular complexity index is 632. The van der Waals surface area contributed by atoms with Crippen molar-refractivity contribution in [1.29, 1.82) is 0 Å². The lowest BCUT2D eigenvalue weighted by Crippen LogP contribution is -1.83. The lowest BCUT2D eigenvalue weighted by atomic mass is 10.2. The van der Waals surface area contributed by atoms with E-state index in [4.69, 9.17) is 0 Å². The van der Waals surface area contributed by atoms with Crippen LogP contribution in [0.3, 0.4) is 0 Å². The van der Waals surface area contributed by atoms with Crippen molar-refractivity contribution in [3.05, 3.63) is 54.9 Å². The molecule has 3 heterocycles. The molecule has 4 heteroatoms. The van der Waals surface area contributed by atoms with Gasteiger partial charge in [0.15, 0.2) is 0 Å². The van der Waals surface area contributed by atoms with Crippen LogP contribution in [0, 0.1) is 5.82 Å². The van der Waals surface area contributed by atoms with Crippen molar-refractivity contribution in [3.63, 3.8) is 0 Å². The van der Waals surface area contributed by atoms with Gasteiger partial charge < -0.3 is 4.40 Å². The molecule has 0 aromatic carbocycles. The summed E-state index contributed by atoms with van der Waals surface area (Å²) in [5.41, 5.74) is 2.44. The molecule has 0 radical (unpaired) electrons. The Balaban J connectivity index is 0.000000574. The molecule has 0 saturated heterocycles. The van der Waals surface area contributed by atoms with Crippen LogP contribution in [0.2, 0.25) is 0 Å². The van der Waals surface area contributed by atoms with Gasteiger partial charge in [-0.15, -0.1) is 0 Å². The molecule has 0 aliphatic heterocycles. The van der Waals surface area contributed by atoms with Crippen LogP contribution in [0.1, 0.15) is 13.8 Å². The van der Waals surface area contributed by atoms with E-state index in [0.717, 1.165) is 16.9 Å². The molecule has 0 N–H and O–H groups in total. The molecule has 0 fully saturated rings. The quantitative estimate of drug-likeness (QED) is 0.654. The fourth-order valence-electron chi connectivity index (χ4n) is 1.62. The van der Waals surface area contributed by atoms with E-state index in [9.17, 15) is 4.39 Å². The zero-order chi connectivity index (χ0) is 13.0. The summed E-state index contributed by atoms with van der Waals surface area (Å²) in [6.07, 6.45) is 6.63. The highest BCUT2D eigenvalue weighted by molar-refractivity contribution is 5.61. The highest BCUT2D eigenvalue weighted by Gasteiger charge is 2.04. The molecule has 3 nitrogen and oxygen atoms in total. The van der Waals surface area contributed by atoms with E-state index in [0.29, 0.717) is 0 Å². The number of imidazole rings is 1. The average molecular weight is 243 g/mol. The molecular formula is C14H14FN3. The van der Waals surface area contributed by atoms with E-state index in [2.05, 4.69) is 9.97 Å². The third-order valence-corrected chi connectivity index (χ3v) is 2.37. The molecule has 0 aliphatic rings. The summed E-state index contributed by atoms with van der Waals surface area (Å²) in [4.78, 5) is 8.41. The van der Waals surface area contributed by atoms with E-state index < -0.39 is 0 Å². The molecule has 0 atom stereocenters. The third kappa shape index (κ3) is 2.37. The normalized spacial score (nSPS) is 9.94. The number of fused-ring (bicyclic) bond motifs is 1. The van der Waals surface area contributed by atoms with Gasteiger partial charge >= 0.3 is 0 Å². The first-order valence-electron chi connectivity index (χ1n) is 5.87. The molecule has 0 spiro atoms. The van der Waals surface area contributed by atoms with E-state index >= 15 is 0 Å². The van der Waals surface area contributed by atoms with Crippen LogP contribution >= 0.6 is 0 Å². The molecule has 3 aromatic heterocycles. The lowest BCUT2D eigenvalue weighted by molar-refractivity contribution is 0.619. The second kappa shape index (κ2) is 5.40. The summed E-state index contributed by atoms with van der Waals surface area (Å²) in [5.74, 6) is -0.275. The lowest BCUT2D eigenvalue weighted by Gasteiger charge is -1.91. The topological polar surface area (TPSA) is 30.2 Å². The number of rotatable bonds is 1. The summed E-state index contributed by atoms with van der Waals surface area (Å²) in [6.45, 7) is 4.00. The molecule has 0 bridgehead atoms. The van der Waals surface area contributed by atoms with Gasteiger partial charge in [0.2, 0.25) is 0 Å². The van der Waals surface area contributed by atoms with Crippen LogP contribution in [-0.2, 0) is 0 Å². The van der Waals surface area contributed by atoms with Gasteiger partial charge in [0, 0.05) is 30.4 Å². The smallest absolute Gasteiger partial charge is 0.139 e. The average Bonchev–Trinajstić information content (AvgIpc) is 2.85. The van der Waals surface area contributed by atoms with Crippen molar-refractivity contribution >= 4 is 5.65 Å². The van der Waals surface area contributed by atoms with E-state index in [1.807, 2.05) is 26.0 Å². The van der Waals surface area contributed by atoms with Gasteiger partial charge in [0.05, 0.1) is 5.69 Å². The number of halogens is 1. The first-order chi connectivity index (χ1) is 8.83. The van der Waals surface area contributed by atoms with Gasteiger partial charge in [0.25, 0.3) is 0 Å². The number of hydrogen-bond donors (Lipinski definition) is 0. The summed E-state index contributed by atoms with van der Waals surface area (Å²) in [6, 6.07) is 6.82. The van der Waals surface area contributed by atoms with Gasteiger partial charge in [-0.25, -0.2) is 9.37 Å². The molecule has 92 valence electrons. The Kier molecular flexibility index (Phi) is 3.67. The van der Waals surface area contributed by atoms with Crippen LogP contribution < -0.4 is 0 Å². The SMILES string of the molecule is CC.Fc1ccc2nc(-c3cccnc3)cn2c1. The summed E-state index contributed by atoms with van der Waals surface area (Å²) in [5, 5.41) is 0. The standard InChI is InChI=1S/C12H8FN3.C2H6/c13-10-3-4-12-15-11(8-16(12)7-10)9-2-1-5-14-6-9;1-2/h1-8H;1-2H3. The second-order valence-corrected chi connectivity index (χ2v) is 3.48.